The van der Waals surface area contributed by atoms with Crippen LogP contribution in [0.5, 0.6) is 0 Å². The second-order valence-corrected chi connectivity index (χ2v) is 9.22. The summed E-state index contributed by atoms with van der Waals surface area (Å²) in [4.78, 5) is 29.5. The Morgan fingerprint density at radius 3 is 2.41 bits per heavy atom. The molecule has 2 N–H and O–H groups in total. The first-order valence-corrected chi connectivity index (χ1v) is 11.5. The van der Waals surface area contributed by atoms with Gasteiger partial charge in [0, 0.05) is 21.1 Å². The van der Waals surface area contributed by atoms with Crippen LogP contribution >= 0.6 is 43.5 Å². The molecule has 2 rings (SSSR count). The lowest BCUT2D eigenvalue weighted by molar-refractivity contribution is -0.141. The molecule has 182 valence electrons. The van der Waals surface area contributed by atoms with Crippen molar-refractivity contribution in [2.24, 2.45) is 4.99 Å². The van der Waals surface area contributed by atoms with Gasteiger partial charge in [-0.15, -0.1) is 0 Å². The lowest BCUT2D eigenvalue weighted by Crippen LogP contribution is -2.31. The molecule has 0 radical (unpaired) electrons. The minimum absolute atomic E-state index is 0.0456. The van der Waals surface area contributed by atoms with Crippen LogP contribution in [0.25, 0.3) is 5.82 Å². The van der Waals surface area contributed by atoms with Crippen molar-refractivity contribution in [1.29, 1.82) is 0 Å². The van der Waals surface area contributed by atoms with E-state index in [0.717, 1.165) is 0 Å². The number of allylic oxidation sites excluding steroid dienone is 3. The van der Waals surface area contributed by atoms with E-state index in [2.05, 4.69) is 59.3 Å². The first kappa shape index (κ1) is 27.8. The van der Waals surface area contributed by atoms with E-state index in [1.807, 2.05) is 0 Å². The van der Waals surface area contributed by atoms with E-state index >= 15 is 0 Å². The summed E-state index contributed by atoms with van der Waals surface area (Å²) < 4.78 is 41.7. The number of nitrogens with one attached hydrogen (secondary N) is 2. The molecule has 0 fully saturated rings. The monoisotopic (exact) mass is 623 g/mol. The van der Waals surface area contributed by atoms with E-state index in [1.165, 1.54) is 18.2 Å². The Morgan fingerprint density at radius 1 is 1.24 bits per heavy atom. The molecule has 2 aromatic rings. The maximum absolute atomic E-state index is 13.4. The highest BCUT2D eigenvalue weighted by Gasteiger charge is 2.37. The molecule has 34 heavy (non-hydrogen) atoms. The number of halogens is 6. The van der Waals surface area contributed by atoms with Crippen LogP contribution in [-0.2, 0) is 6.18 Å². The van der Waals surface area contributed by atoms with Crippen molar-refractivity contribution in [2.45, 2.75) is 33.0 Å². The molecule has 2 amide bonds. The molecular formula is C21H19Br2ClF3N5O2. The average Bonchev–Trinajstić information content (AvgIpc) is 3.15. The number of benzene rings is 1. The van der Waals surface area contributed by atoms with Crippen LogP contribution in [0.4, 0.5) is 18.9 Å². The Balaban J connectivity index is 2.66. The molecular weight excluding hydrogens is 607 g/mol. The molecule has 0 saturated heterocycles. The first-order chi connectivity index (χ1) is 15.8. The Labute approximate surface area is 215 Å². The molecule has 1 aromatic heterocycles. The molecule has 0 aliphatic carbocycles. The van der Waals surface area contributed by atoms with Crippen molar-refractivity contribution in [3.63, 3.8) is 0 Å². The number of carbonyl (C=O) groups is 2. The minimum Gasteiger partial charge on any atom is -0.350 e. The van der Waals surface area contributed by atoms with Gasteiger partial charge < -0.3 is 10.6 Å². The number of amides is 2. The van der Waals surface area contributed by atoms with E-state index in [1.54, 1.807) is 26.8 Å². The van der Waals surface area contributed by atoms with Crippen LogP contribution in [-0.4, -0.2) is 34.4 Å². The largest absolute Gasteiger partial charge is 0.435 e. The summed E-state index contributed by atoms with van der Waals surface area (Å²) in [5, 5.41) is 8.58. The molecule has 13 heteroatoms. The van der Waals surface area contributed by atoms with Crippen LogP contribution in [0.1, 0.15) is 47.3 Å². The zero-order valence-corrected chi connectivity index (χ0v) is 22.0. The summed E-state index contributed by atoms with van der Waals surface area (Å²) >= 11 is 12.7. The molecule has 7 nitrogen and oxygen atoms in total. The average molecular weight is 626 g/mol. The summed E-state index contributed by atoms with van der Waals surface area (Å²) in [6.07, 6.45) is -1.96. The van der Waals surface area contributed by atoms with Gasteiger partial charge in [-0.3, -0.25) is 9.59 Å². The van der Waals surface area contributed by atoms with Crippen LogP contribution in [0.15, 0.2) is 49.3 Å². The predicted octanol–water partition coefficient (Wildman–Crippen LogP) is 6.46. The van der Waals surface area contributed by atoms with Gasteiger partial charge in [-0.05, 0) is 61.6 Å². The van der Waals surface area contributed by atoms with Gasteiger partial charge in [-0.2, -0.15) is 18.3 Å². The predicted molar refractivity (Wildman–Crippen MR) is 133 cm³/mol. The number of hydrogen-bond acceptors (Lipinski definition) is 4. The van der Waals surface area contributed by atoms with E-state index in [-0.39, 0.29) is 28.1 Å². The van der Waals surface area contributed by atoms with Crippen molar-refractivity contribution >= 4 is 73.5 Å². The summed E-state index contributed by atoms with van der Waals surface area (Å²) in [5.41, 5.74) is -1.74. The second-order valence-electron chi connectivity index (χ2n) is 7.05. The molecule has 0 aliphatic rings. The standard InChI is InChI=1S/C21H19Br2ClF3N5O2/c1-5-6-14(24)18(28-4)32-15(9-16(31-32)21(25,26)27)20(34)30-17-12(19(33)29-10(2)3)7-11(22)8-13(17)23/h5-10H,4H2,1-3H3,(H,29,33)(H,30,34)/b6-5-,18-14-. The van der Waals surface area contributed by atoms with Crippen molar-refractivity contribution in [3.8, 4) is 0 Å². The van der Waals surface area contributed by atoms with Gasteiger partial charge in [0.25, 0.3) is 11.8 Å². The van der Waals surface area contributed by atoms with Crippen LogP contribution in [0, 0.1) is 0 Å². The number of nitrogens with zero attached hydrogens (tertiary/aromatic N) is 3. The van der Waals surface area contributed by atoms with Crippen LogP contribution in [0.2, 0.25) is 0 Å². The number of anilines is 1. The Bertz CT molecular complexity index is 1190. The molecule has 1 aromatic carbocycles. The molecule has 0 aliphatic heterocycles. The maximum atomic E-state index is 13.4. The Hall–Kier alpha value is -2.44. The highest BCUT2D eigenvalue weighted by Crippen LogP contribution is 2.33. The second kappa shape index (κ2) is 11.3. The van der Waals surface area contributed by atoms with Gasteiger partial charge in [-0.25, -0.2) is 9.67 Å². The SMILES string of the molecule is C=N/C(=C(Cl)\C=C/C)n1nc(C(F)(F)F)cc1C(=O)Nc1c(Br)cc(Br)cc1C(=O)NC(C)C. The summed E-state index contributed by atoms with van der Waals surface area (Å²) in [5.74, 6) is -1.77. The van der Waals surface area contributed by atoms with E-state index in [9.17, 15) is 22.8 Å². The fourth-order valence-electron chi connectivity index (χ4n) is 2.70. The fourth-order valence-corrected chi connectivity index (χ4v) is 4.29. The van der Waals surface area contributed by atoms with Crippen LogP contribution in [0.3, 0.4) is 0 Å². The summed E-state index contributed by atoms with van der Waals surface area (Å²) in [6, 6.07) is 3.39. The lowest BCUT2D eigenvalue weighted by atomic mass is 10.1. The summed E-state index contributed by atoms with van der Waals surface area (Å²) in [6.45, 7) is 8.46. The molecule has 0 unspecified atom stereocenters. The van der Waals surface area contributed by atoms with Crippen molar-refractivity contribution in [2.75, 3.05) is 5.32 Å². The van der Waals surface area contributed by atoms with Gasteiger partial charge in [0.15, 0.2) is 11.5 Å². The van der Waals surface area contributed by atoms with Crippen molar-refractivity contribution in [3.05, 3.63) is 61.3 Å². The third-order valence-electron chi connectivity index (χ3n) is 4.07. The zero-order valence-electron chi connectivity index (χ0n) is 18.1. The normalized spacial score (nSPS) is 12.6. The fraction of sp³-hybridized carbons (Fsp3) is 0.238. The maximum Gasteiger partial charge on any atom is 0.435 e. The number of hydrogen-bond donors (Lipinski definition) is 2. The van der Waals surface area contributed by atoms with Gasteiger partial charge in [0.2, 0.25) is 0 Å². The highest BCUT2D eigenvalue weighted by molar-refractivity contribution is 9.11. The Morgan fingerprint density at radius 2 is 1.88 bits per heavy atom. The molecule has 0 bridgehead atoms. The molecule has 0 spiro atoms. The molecule has 0 atom stereocenters. The quantitative estimate of drug-likeness (QED) is 0.274. The van der Waals surface area contributed by atoms with Gasteiger partial charge in [-0.1, -0.05) is 33.6 Å². The van der Waals surface area contributed by atoms with Crippen molar-refractivity contribution < 1.29 is 22.8 Å². The highest BCUT2D eigenvalue weighted by atomic mass is 79.9. The number of aliphatic imine (C=N–C) groups is 1. The number of aromatic nitrogens is 2. The van der Waals surface area contributed by atoms with E-state index < -0.39 is 29.4 Å². The van der Waals surface area contributed by atoms with Gasteiger partial charge >= 0.3 is 6.18 Å². The molecule has 0 saturated carbocycles. The minimum atomic E-state index is -4.85. The lowest BCUT2D eigenvalue weighted by Gasteiger charge is -2.16. The van der Waals surface area contributed by atoms with E-state index in [0.29, 0.717) is 19.7 Å². The third kappa shape index (κ3) is 6.57. The third-order valence-corrected chi connectivity index (χ3v) is 5.45. The van der Waals surface area contributed by atoms with E-state index in [4.69, 9.17) is 11.6 Å². The zero-order chi connectivity index (χ0) is 25.8. The van der Waals surface area contributed by atoms with Gasteiger partial charge in [0.05, 0.1) is 16.3 Å². The topological polar surface area (TPSA) is 88.4 Å². The smallest absolute Gasteiger partial charge is 0.350 e. The number of alkyl halides is 3. The van der Waals surface area contributed by atoms with Gasteiger partial charge in [0.1, 0.15) is 5.69 Å². The summed E-state index contributed by atoms with van der Waals surface area (Å²) in [7, 11) is 0. The number of rotatable bonds is 7. The first-order valence-electron chi connectivity index (χ1n) is 9.58. The van der Waals surface area contributed by atoms with Crippen LogP contribution < -0.4 is 10.6 Å². The van der Waals surface area contributed by atoms with Crippen molar-refractivity contribution in [1.82, 2.24) is 15.1 Å². The Kier molecular flexibility index (Phi) is 9.26. The molecule has 1 heterocycles. The number of carbonyl (C=O) groups excluding carboxylic acids is 2.